The molecule has 0 aliphatic heterocycles. The van der Waals surface area contributed by atoms with E-state index in [0.29, 0.717) is 19.4 Å². The lowest BCUT2D eigenvalue weighted by Crippen LogP contribution is -2.51. The SMILES string of the molecule is CN(Cc1ccsc1)C(=O)C1(C(=O)O)CCC1. The van der Waals surface area contributed by atoms with Gasteiger partial charge in [0.2, 0.25) is 5.91 Å². The number of rotatable bonds is 4. The van der Waals surface area contributed by atoms with E-state index in [4.69, 9.17) is 0 Å². The molecule has 1 fully saturated rings. The molecule has 1 saturated carbocycles. The summed E-state index contributed by atoms with van der Waals surface area (Å²) in [5.41, 5.74) is -0.101. The molecular formula is C12H15NO3S. The van der Waals surface area contributed by atoms with E-state index in [1.165, 1.54) is 4.90 Å². The second kappa shape index (κ2) is 4.49. The number of amides is 1. The highest BCUT2D eigenvalue weighted by molar-refractivity contribution is 7.07. The van der Waals surface area contributed by atoms with Crippen LogP contribution >= 0.6 is 11.3 Å². The summed E-state index contributed by atoms with van der Waals surface area (Å²) in [6.07, 6.45) is 1.76. The van der Waals surface area contributed by atoms with Gasteiger partial charge in [-0.15, -0.1) is 0 Å². The lowest BCUT2D eigenvalue weighted by Gasteiger charge is -2.38. The molecule has 1 amide bonds. The number of carbonyl (C=O) groups excluding carboxylic acids is 1. The Bertz CT molecular complexity index is 423. The van der Waals surface area contributed by atoms with Crippen LogP contribution in [0.4, 0.5) is 0 Å². The van der Waals surface area contributed by atoms with Crippen LogP contribution in [0.25, 0.3) is 0 Å². The number of thiophene rings is 1. The second-order valence-electron chi connectivity index (χ2n) is 4.53. The smallest absolute Gasteiger partial charge is 0.319 e. The van der Waals surface area contributed by atoms with Crippen molar-refractivity contribution in [2.75, 3.05) is 7.05 Å². The van der Waals surface area contributed by atoms with Gasteiger partial charge in [-0.05, 0) is 35.2 Å². The van der Waals surface area contributed by atoms with Crippen molar-refractivity contribution in [1.82, 2.24) is 4.90 Å². The van der Waals surface area contributed by atoms with E-state index in [1.807, 2.05) is 16.8 Å². The monoisotopic (exact) mass is 253 g/mol. The Labute approximate surface area is 104 Å². The third-order valence-corrected chi connectivity index (χ3v) is 4.10. The standard InChI is InChI=1S/C12H15NO3S/c1-13(7-9-3-6-17-8-9)10(14)12(11(15)16)4-2-5-12/h3,6,8H,2,4-5,7H2,1H3,(H,15,16). The van der Waals surface area contributed by atoms with Crippen LogP contribution in [0, 0.1) is 5.41 Å². The Morgan fingerprint density at radius 2 is 2.24 bits per heavy atom. The molecule has 0 radical (unpaired) electrons. The van der Waals surface area contributed by atoms with Crippen LogP contribution in [0.15, 0.2) is 16.8 Å². The number of carboxylic acids is 1. The van der Waals surface area contributed by atoms with Gasteiger partial charge in [-0.3, -0.25) is 9.59 Å². The summed E-state index contributed by atoms with van der Waals surface area (Å²) in [6, 6.07) is 1.95. The summed E-state index contributed by atoms with van der Waals surface area (Å²) >= 11 is 1.57. The Kier molecular flexibility index (Phi) is 3.19. The van der Waals surface area contributed by atoms with Crippen LogP contribution in [-0.2, 0) is 16.1 Å². The minimum Gasteiger partial charge on any atom is -0.480 e. The van der Waals surface area contributed by atoms with Crippen molar-refractivity contribution in [2.24, 2.45) is 5.41 Å². The summed E-state index contributed by atoms with van der Waals surface area (Å²) < 4.78 is 0. The fourth-order valence-corrected chi connectivity index (χ4v) is 2.80. The first-order valence-corrected chi connectivity index (χ1v) is 6.50. The Morgan fingerprint density at radius 3 is 2.65 bits per heavy atom. The van der Waals surface area contributed by atoms with E-state index in [2.05, 4.69) is 0 Å². The first-order chi connectivity index (χ1) is 8.06. The van der Waals surface area contributed by atoms with E-state index in [-0.39, 0.29) is 5.91 Å². The number of carbonyl (C=O) groups is 2. The van der Waals surface area contributed by atoms with Crippen LogP contribution in [0.1, 0.15) is 24.8 Å². The Morgan fingerprint density at radius 1 is 1.53 bits per heavy atom. The topological polar surface area (TPSA) is 57.6 Å². The van der Waals surface area contributed by atoms with E-state index in [0.717, 1.165) is 12.0 Å². The third kappa shape index (κ3) is 2.07. The minimum absolute atomic E-state index is 0.262. The number of hydrogen-bond acceptors (Lipinski definition) is 3. The van der Waals surface area contributed by atoms with Crippen molar-refractivity contribution in [2.45, 2.75) is 25.8 Å². The predicted octanol–water partition coefficient (Wildman–Crippen LogP) is 1.96. The molecule has 1 N–H and O–H groups in total. The van der Waals surface area contributed by atoms with Crippen molar-refractivity contribution < 1.29 is 14.7 Å². The summed E-state index contributed by atoms with van der Waals surface area (Å²) in [5, 5.41) is 13.1. The van der Waals surface area contributed by atoms with E-state index in [1.54, 1.807) is 18.4 Å². The van der Waals surface area contributed by atoms with Crippen LogP contribution in [0.2, 0.25) is 0 Å². The number of hydrogen-bond donors (Lipinski definition) is 1. The van der Waals surface area contributed by atoms with Gasteiger partial charge in [0.25, 0.3) is 0 Å². The maximum atomic E-state index is 12.2. The average molecular weight is 253 g/mol. The van der Waals surface area contributed by atoms with Gasteiger partial charge in [-0.25, -0.2) is 0 Å². The summed E-state index contributed by atoms with van der Waals surface area (Å²) in [6.45, 7) is 0.483. The maximum Gasteiger partial charge on any atom is 0.319 e. The van der Waals surface area contributed by atoms with Crippen molar-refractivity contribution in [3.8, 4) is 0 Å². The second-order valence-corrected chi connectivity index (χ2v) is 5.31. The van der Waals surface area contributed by atoms with E-state index < -0.39 is 11.4 Å². The fraction of sp³-hybridized carbons (Fsp3) is 0.500. The van der Waals surface area contributed by atoms with Gasteiger partial charge < -0.3 is 10.0 Å². The van der Waals surface area contributed by atoms with Crippen LogP contribution in [0.5, 0.6) is 0 Å². The molecule has 1 aromatic heterocycles. The van der Waals surface area contributed by atoms with Gasteiger partial charge in [-0.1, -0.05) is 6.42 Å². The largest absolute Gasteiger partial charge is 0.480 e. The van der Waals surface area contributed by atoms with Crippen molar-refractivity contribution in [3.63, 3.8) is 0 Å². The maximum absolute atomic E-state index is 12.2. The molecule has 0 aromatic carbocycles. The molecule has 17 heavy (non-hydrogen) atoms. The molecule has 1 heterocycles. The summed E-state index contributed by atoms with van der Waals surface area (Å²) in [5.74, 6) is -1.24. The summed E-state index contributed by atoms with van der Waals surface area (Å²) in [7, 11) is 1.67. The van der Waals surface area contributed by atoms with Gasteiger partial charge in [-0.2, -0.15) is 11.3 Å². The molecule has 0 bridgehead atoms. The lowest BCUT2D eigenvalue weighted by molar-refractivity contribution is -0.167. The van der Waals surface area contributed by atoms with Crippen molar-refractivity contribution in [1.29, 1.82) is 0 Å². The molecule has 0 unspecified atom stereocenters. The number of nitrogens with zero attached hydrogens (tertiary/aromatic N) is 1. The molecule has 1 aliphatic rings. The zero-order chi connectivity index (χ0) is 12.5. The first-order valence-electron chi connectivity index (χ1n) is 5.56. The highest BCUT2D eigenvalue weighted by Gasteiger charge is 2.52. The lowest BCUT2D eigenvalue weighted by atomic mass is 9.68. The van der Waals surface area contributed by atoms with Crippen molar-refractivity contribution in [3.05, 3.63) is 22.4 Å². The Balaban J connectivity index is 2.06. The zero-order valence-electron chi connectivity index (χ0n) is 9.68. The van der Waals surface area contributed by atoms with Crippen LogP contribution < -0.4 is 0 Å². The van der Waals surface area contributed by atoms with Gasteiger partial charge in [0, 0.05) is 13.6 Å². The quantitative estimate of drug-likeness (QED) is 0.834. The van der Waals surface area contributed by atoms with Crippen LogP contribution in [-0.4, -0.2) is 28.9 Å². The van der Waals surface area contributed by atoms with Gasteiger partial charge in [0.15, 0.2) is 0 Å². The molecule has 92 valence electrons. The highest BCUT2D eigenvalue weighted by atomic mass is 32.1. The van der Waals surface area contributed by atoms with E-state index in [9.17, 15) is 14.7 Å². The molecular weight excluding hydrogens is 238 g/mol. The molecule has 4 nitrogen and oxygen atoms in total. The minimum atomic E-state index is -1.15. The highest BCUT2D eigenvalue weighted by Crippen LogP contribution is 2.42. The van der Waals surface area contributed by atoms with Crippen molar-refractivity contribution >= 4 is 23.2 Å². The van der Waals surface area contributed by atoms with Gasteiger partial charge in [0.1, 0.15) is 5.41 Å². The molecule has 0 saturated heterocycles. The van der Waals surface area contributed by atoms with Crippen LogP contribution in [0.3, 0.4) is 0 Å². The number of carboxylic acid groups (broad SMARTS) is 1. The first kappa shape index (κ1) is 12.1. The van der Waals surface area contributed by atoms with E-state index >= 15 is 0 Å². The molecule has 5 heteroatoms. The normalized spacial score (nSPS) is 17.2. The van der Waals surface area contributed by atoms with Gasteiger partial charge >= 0.3 is 5.97 Å². The van der Waals surface area contributed by atoms with Gasteiger partial charge in [0.05, 0.1) is 0 Å². The zero-order valence-corrected chi connectivity index (χ0v) is 10.5. The molecule has 1 aliphatic carbocycles. The molecule has 1 aromatic rings. The summed E-state index contributed by atoms with van der Waals surface area (Å²) in [4.78, 5) is 24.9. The average Bonchev–Trinajstić information content (AvgIpc) is 2.67. The third-order valence-electron chi connectivity index (χ3n) is 3.37. The molecule has 2 rings (SSSR count). The molecule has 0 spiro atoms. The Hall–Kier alpha value is -1.36. The molecule has 0 atom stereocenters. The fourth-order valence-electron chi connectivity index (χ4n) is 2.14. The number of aliphatic carboxylic acids is 1. The predicted molar refractivity (Wildman–Crippen MR) is 64.7 cm³/mol.